The predicted octanol–water partition coefficient (Wildman–Crippen LogP) is 4.26. The zero-order chi connectivity index (χ0) is 22.1. The molecule has 2 aromatic carbocycles. The Kier molecular flexibility index (Phi) is 5.58. The van der Waals surface area contributed by atoms with Crippen molar-refractivity contribution in [3.63, 3.8) is 0 Å². The Labute approximate surface area is 176 Å². The Balaban J connectivity index is 1.47. The highest BCUT2D eigenvalue weighted by Crippen LogP contribution is 2.27. The highest BCUT2D eigenvalue weighted by molar-refractivity contribution is 5.44. The normalized spacial score (nSPS) is 15.5. The van der Waals surface area contributed by atoms with Gasteiger partial charge in [0.15, 0.2) is 23.2 Å². The molecule has 0 N–H and O–H groups in total. The molecule has 6 nitrogen and oxygen atoms in total. The van der Waals surface area contributed by atoms with Gasteiger partial charge in [0.1, 0.15) is 18.2 Å². The molecular weight excluding hydrogens is 411 g/mol. The van der Waals surface area contributed by atoms with Gasteiger partial charge in [-0.2, -0.15) is 4.98 Å². The number of rotatable bonds is 5. The van der Waals surface area contributed by atoms with Gasteiger partial charge in [-0.3, -0.25) is 4.57 Å². The number of halogens is 3. The van der Waals surface area contributed by atoms with Crippen molar-refractivity contribution in [3.8, 4) is 17.4 Å². The summed E-state index contributed by atoms with van der Waals surface area (Å²) in [5, 5.41) is 0. The van der Waals surface area contributed by atoms with Gasteiger partial charge in [-0.15, -0.1) is 0 Å². The molecule has 1 aliphatic heterocycles. The average Bonchev–Trinajstić information content (AvgIpc) is 2.74. The molecule has 0 unspecified atom stereocenters. The second-order valence-electron chi connectivity index (χ2n) is 7.37. The number of aromatic nitrogens is 2. The standard InChI is InChI=1S/C22H20F3N3O3/c1-13-7-8-28-21(27(13)2)11-20(26-22(28)29)30-12-14-3-6-19(18(25)9-14)31-15-4-5-16(23)17(24)10-15/h3-6,9-11,13H,7-8,12H2,1-2H3/t13-/m0/s1. The minimum Gasteiger partial charge on any atom is -0.473 e. The largest absolute Gasteiger partial charge is 0.473 e. The maximum atomic E-state index is 14.4. The Hall–Kier alpha value is -3.49. The summed E-state index contributed by atoms with van der Waals surface area (Å²) >= 11 is 0. The molecule has 31 heavy (non-hydrogen) atoms. The van der Waals surface area contributed by atoms with Gasteiger partial charge < -0.3 is 14.4 Å². The Morgan fingerprint density at radius 1 is 1.06 bits per heavy atom. The van der Waals surface area contributed by atoms with Crippen LogP contribution in [-0.4, -0.2) is 22.6 Å². The van der Waals surface area contributed by atoms with Gasteiger partial charge in [0.05, 0.1) is 0 Å². The summed E-state index contributed by atoms with van der Waals surface area (Å²) in [5.41, 5.74) is 0.0872. The van der Waals surface area contributed by atoms with E-state index >= 15 is 0 Å². The first kappa shape index (κ1) is 20.8. The molecule has 0 saturated carbocycles. The summed E-state index contributed by atoms with van der Waals surface area (Å²) < 4.78 is 53.2. The first-order valence-corrected chi connectivity index (χ1v) is 9.70. The SMILES string of the molecule is C[C@H]1CCn2c(cc(OCc3ccc(Oc4ccc(F)c(F)c4)c(F)c3)nc2=O)N1C. The quantitative estimate of drug-likeness (QED) is 0.604. The molecule has 0 bridgehead atoms. The lowest BCUT2D eigenvalue weighted by atomic mass is 10.1. The molecule has 0 amide bonds. The van der Waals surface area contributed by atoms with Crippen molar-refractivity contribution in [2.24, 2.45) is 0 Å². The molecule has 1 aromatic heterocycles. The van der Waals surface area contributed by atoms with Crippen molar-refractivity contribution < 1.29 is 22.6 Å². The second kappa shape index (κ2) is 8.33. The van der Waals surface area contributed by atoms with E-state index in [9.17, 15) is 18.0 Å². The molecule has 1 aliphatic rings. The third kappa shape index (κ3) is 4.35. The van der Waals surface area contributed by atoms with Gasteiger partial charge >= 0.3 is 5.69 Å². The maximum Gasteiger partial charge on any atom is 0.352 e. The van der Waals surface area contributed by atoms with Gasteiger partial charge in [0.2, 0.25) is 5.88 Å². The van der Waals surface area contributed by atoms with Crippen molar-refractivity contribution in [1.82, 2.24) is 9.55 Å². The third-order valence-electron chi connectivity index (χ3n) is 5.26. The van der Waals surface area contributed by atoms with E-state index in [-0.39, 0.29) is 30.0 Å². The van der Waals surface area contributed by atoms with Crippen LogP contribution >= 0.6 is 0 Å². The first-order valence-electron chi connectivity index (χ1n) is 9.70. The zero-order valence-corrected chi connectivity index (χ0v) is 16.9. The summed E-state index contributed by atoms with van der Waals surface area (Å²) in [5.74, 6) is -2.10. The summed E-state index contributed by atoms with van der Waals surface area (Å²) in [6.45, 7) is 2.65. The van der Waals surface area contributed by atoms with Crippen LogP contribution in [0.4, 0.5) is 19.0 Å². The highest BCUT2D eigenvalue weighted by Gasteiger charge is 2.22. The van der Waals surface area contributed by atoms with Crippen LogP contribution in [0.2, 0.25) is 0 Å². The van der Waals surface area contributed by atoms with E-state index in [1.807, 2.05) is 11.9 Å². The summed E-state index contributed by atoms with van der Waals surface area (Å²) in [6, 6.07) is 9.04. The van der Waals surface area contributed by atoms with Crippen LogP contribution in [0, 0.1) is 17.5 Å². The van der Waals surface area contributed by atoms with E-state index in [0.29, 0.717) is 12.1 Å². The maximum absolute atomic E-state index is 14.4. The van der Waals surface area contributed by atoms with E-state index in [1.165, 1.54) is 18.2 Å². The molecule has 9 heteroatoms. The molecular formula is C22H20F3N3O3. The number of hydrogen-bond donors (Lipinski definition) is 0. The lowest BCUT2D eigenvalue weighted by Gasteiger charge is -2.34. The fourth-order valence-corrected chi connectivity index (χ4v) is 3.33. The average molecular weight is 431 g/mol. The third-order valence-corrected chi connectivity index (χ3v) is 5.26. The highest BCUT2D eigenvalue weighted by atomic mass is 19.2. The van der Waals surface area contributed by atoms with Gasteiger partial charge in [-0.25, -0.2) is 18.0 Å². The van der Waals surface area contributed by atoms with Crippen LogP contribution in [-0.2, 0) is 13.2 Å². The van der Waals surface area contributed by atoms with E-state index < -0.39 is 23.1 Å². The van der Waals surface area contributed by atoms with Crippen molar-refractivity contribution in [2.75, 3.05) is 11.9 Å². The van der Waals surface area contributed by atoms with E-state index in [1.54, 1.807) is 16.7 Å². The first-order chi connectivity index (χ1) is 14.8. The Bertz CT molecular complexity index is 1180. The van der Waals surface area contributed by atoms with E-state index in [0.717, 1.165) is 24.4 Å². The number of hydrogen-bond acceptors (Lipinski definition) is 5. The molecule has 1 atom stereocenters. The van der Waals surface area contributed by atoms with Gasteiger partial charge in [-0.1, -0.05) is 6.07 Å². The van der Waals surface area contributed by atoms with Crippen LogP contribution in [0.1, 0.15) is 18.9 Å². The van der Waals surface area contributed by atoms with Crippen LogP contribution < -0.4 is 20.1 Å². The molecule has 0 spiro atoms. The van der Waals surface area contributed by atoms with Crippen LogP contribution in [0.3, 0.4) is 0 Å². The summed E-state index contributed by atoms with van der Waals surface area (Å²) in [7, 11) is 1.90. The smallest absolute Gasteiger partial charge is 0.352 e. The minimum absolute atomic E-state index is 0.0163. The van der Waals surface area contributed by atoms with Crippen LogP contribution in [0.5, 0.6) is 17.4 Å². The molecule has 4 rings (SSSR count). The topological polar surface area (TPSA) is 56.6 Å². The zero-order valence-electron chi connectivity index (χ0n) is 16.9. The number of benzene rings is 2. The molecule has 0 fully saturated rings. The molecule has 2 heterocycles. The van der Waals surface area contributed by atoms with Crippen molar-refractivity contribution in [1.29, 1.82) is 0 Å². The number of ether oxygens (including phenoxy) is 2. The van der Waals surface area contributed by atoms with Gasteiger partial charge in [-0.05, 0) is 43.2 Å². The van der Waals surface area contributed by atoms with Gasteiger partial charge in [0.25, 0.3) is 0 Å². The van der Waals surface area contributed by atoms with Crippen molar-refractivity contribution in [2.45, 2.75) is 32.5 Å². The molecule has 0 saturated heterocycles. The number of fused-ring (bicyclic) bond motifs is 1. The number of nitrogens with zero attached hydrogens (tertiary/aromatic N) is 3. The van der Waals surface area contributed by atoms with E-state index in [4.69, 9.17) is 9.47 Å². The lowest BCUT2D eigenvalue weighted by Crippen LogP contribution is -2.41. The molecule has 162 valence electrons. The fourth-order valence-electron chi connectivity index (χ4n) is 3.33. The van der Waals surface area contributed by atoms with Crippen LogP contribution in [0.25, 0.3) is 0 Å². The molecule has 3 aromatic rings. The second-order valence-corrected chi connectivity index (χ2v) is 7.37. The minimum atomic E-state index is -1.09. The molecule has 0 radical (unpaired) electrons. The summed E-state index contributed by atoms with van der Waals surface area (Å²) in [4.78, 5) is 18.2. The summed E-state index contributed by atoms with van der Waals surface area (Å²) in [6.07, 6.45) is 0.851. The van der Waals surface area contributed by atoms with Crippen LogP contribution in [0.15, 0.2) is 47.3 Å². The monoisotopic (exact) mass is 431 g/mol. The van der Waals surface area contributed by atoms with Crippen molar-refractivity contribution in [3.05, 3.63) is 76.0 Å². The van der Waals surface area contributed by atoms with Gasteiger partial charge in [0, 0.05) is 31.8 Å². The van der Waals surface area contributed by atoms with Crippen molar-refractivity contribution >= 4 is 5.82 Å². The Morgan fingerprint density at radius 3 is 2.61 bits per heavy atom. The van der Waals surface area contributed by atoms with E-state index in [2.05, 4.69) is 11.9 Å². The predicted molar refractivity (Wildman–Crippen MR) is 108 cm³/mol. The Morgan fingerprint density at radius 2 is 1.87 bits per heavy atom. The lowest BCUT2D eigenvalue weighted by molar-refractivity contribution is 0.289. The molecule has 0 aliphatic carbocycles. The number of anilines is 1. The fraction of sp³-hybridized carbons (Fsp3) is 0.273.